The van der Waals surface area contributed by atoms with E-state index in [-0.39, 0.29) is 17.4 Å². The molecule has 162 valence electrons. The molecule has 0 bridgehead atoms. The lowest BCUT2D eigenvalue weighted by Gasteiger charge is -2.25. The number of hydrogen-bond donors (Lipinski definition) is 1. The fourth-order valence-corrected chi connectivity index (χ4v) is 4.36. The first-order valence-electron chi connectivity index (χ1n) is 10.7. The van der Waals surface area contributed by atoms with E-state index in [1.807, 2.05) is 6.92 Å². The minimum atomic E-state index is -0.749. The molecular formula is C25H26FNO4. The largest absolute Gasteiger partial charge is 0.507 e. The van der Waals surface area contributed by atoms with E-state index in [1.165, 1.54) is 17.0 Å². The number of rotatable bonds is 6. The van der Waals surface area contributed by atoms with Crippen LogP contribution in [0.1, 0.15) is 55.8 Å². The molecule has 4 rings (SSSR count). The molecule has 2 aromatic carbocycles. The van der Waals surface area contributed by atoms with Gasteiger partial charge in [-0.05, 0) is 54.8 Å². The molecule has 2 aliphatic heterocycles. The standard InChI is InChI=1S/C25H26FNO4/c1-3-4-5-12-27-22(16-6-9-19(26)10-7-16)21(24(29)25(27)30)23(28)17-8-11-20-18(14-17)13-15(2)31-20/h6-11,14-15,22,28H,3-5,12-13H2,1-2H3/b23-21-. The molecule has 6 heteroatoms. The van der Waals surface area contributed by atoms with E-state index in [9.17, 15) is 19.1 Å². The summed E-state index contributed by atoms with van der Waals surface area (Å²) in [5, 5.41) is 11.1. The maximum Gasteiger partial charge on any atom is 0.295 e. The van der Waals surface area contributed by atoms with E-state index in [4.69, 9.17) is 4.74 Å². The summed E-state index contributed by atoms with van der Waals surface area (Å²) in [5.74, 6) is -1.20. The van der Waals surface area contributed by atoms with Crippen LogP contribution in [0.4, 0.5) is 4.39 Å². The number of nitrogens with zero attached hydrogens (tertiary/aromatic N) is 1. The van der Waals surface area contributed by atoms with Gasteiger partial charge in [-0.25, -0.2) is 4.39 Å². The van der Waals surface area contributed by atoms with Gasteiger partial charge in [0.1, 0.15) is 23.4 Å². The second-order valence-electron chi connectivity index (χ2n) is 8.21. The predicted octanol–water partition coefficient (Wildman–Crippen LogP) is 4.76. The third kappa shape index (κ3) is 3.94. The second kappa shape index (κ2) is 8.53. The van der Waals surface area contributed by atoms with Crippen molar-refractivity contribution in [1.29, 1.82) is 0 Å². The number of halogens is 1. The molecule has 1 N–H and O–H groups in total. The number of carbonyl (C=O) groups is 2. The van der Waals surface area contributed by atoms with Gasteiger partial charge >= 0.3 is 0 Å². The van der Waals surface area contributed by atoms with Gasteiger partial charge in [-0.15, -0.1) is 0 Å². The van der Waals surface area contributed by atoms with Gasteiger partial charge in [0.2, 0.25) is 0 Å². The highest BCUT2D eigenvalue weighted by molar-refractivity contribution is 6.46. The van der Waals surface area contributed by atoms with Crippen molar-refractivity contribution >= 4 is 17.4 Å². The molecule has 2 aromatic rings. The number of ether oxygens (including phenoxy) is 1. The fourth-order valence-electron chi connectivity index (χ4n) is 4.36. The zero-order valence-electron chi connectivity index (χ0n) is 17.7. The van der Waals surface area contributed by atoms with E-state index in [0.29, 0.717) is 24.1 Å². The molecule has 1 saturated heterocycles. The zero-order valence-corrected chi connectivity index (χ0v) is 17.7. The Hall–Kier alpha value is -3.15. The number of carbonyl (C=O) groups excluding carboxylic acids is 2. The smallest absolute Gasteiger partial charge is 0.295 e. The summed E-state index contributed by atoms with van der Waals surface area (Å²) in [6.07, 6.45) is 3.40. The summed E-state index contributed by atoms with van der Waals surface area (Å²) in [6.45, 7) is 4.42. The Bertz CT molecular complexity index is 1040. The summed E-state index contributed by atoms with van der Waals surface area (Å²) in [5.41, 5.74) is 2.05. The van der Waals surface area contributed by atoms with E-state index >= 15 is 0 Å². The lowest BCUT2D eigenvalue weighted by molar-refractivity contribution is -0.139. The third-order valence-electron chi connectivity index (χ3n) is 5.90. The summed E-state index contributed by atoms with van der Waals surface area (Å²) in [6, 6.07) is 10.2. The Balaban J connectivity index is 1.79. The number of aliphatic hydroxyl groups excluding tert-OH is 1. The molecule has 0 spiro atoms. The van der Waals surface area contributed by atoms with Gasteiger partial charge in [-0.3, -0.25) is 9.59 Å². The van der Waals surface area contributed by atoms with Crippen molar-refractivity contribution in [2.45, 2.75) is 51.7 Å². The topological polar surface area (TPSA) is 66.8 Å². The van der Waals surface area contributed by atoms with E-state index in [2.05, 4.69) is 6.92 Å². The van der Waals surface area contributed by atoms with Crippen molar-refractivity contribution in [3.8, 4) is 5.75 Å². The van der Waals surface area contributed by atoms with Crippen molar-refractivity contribution in [1.82, 2.24) is 4.90 Å². The molecule has 0 radical (unpaired) electrons. The number of ketones is 1. The van der Waals surface area contributed by atoms with Crippen LogP contribution >= 0.6 is 0 Å². The van der Waals surface area contributed by atoms with E-state index < -0.39 is 23.5 Å². The molecule has 5 nitrogen and oxygen atoms in total. The van der Waals surface area contributed by atoms with Crippen LogP contribution in [0.2, 0.25) is 0 Å². The molecule has 2 unspecified atom stereocenters. The summed E-state index contributed by atoms with van der Waals surface area (Å²) >= 11 is 0. The van der Waals surface area contributed by atoms with Crippen LogP contribution < -0.4 is 4.74 Å². The van der Waals surface area contributed by atoms with Gasteiger partial charge in [-0.2, -0.15) is 0 Å². The van der Waals surface area contributed by atoms with Gasteiger partial charge in [0.15, 0.2) is 0 Å². The molecule has 0 saturated carbocycles. The Morgan fingerprint density at radius 2 is 1.90 bits per heavy atom. The highest BCUT2D eigenvalue weighted by Crippen LogP contribution is 2.40. The van der Waals surface area contributed by atoms with Gasteiger partial charge in [0.05, 0.1) is 11.6 Å². The first-order valence-corrected chi connectivity index (χ1v) is 10.7. The molecule has 2 heterocycles. The van der Waals surface area contributed by atoms with Gasteiger partial charge < -0.3 is 14.7 Å². The SMILES string of the molecule is CCCCCN1C(=O)C(=O)/C(=C(\O)c2ccc3c(c2)CC(C)O3)C1c1ccc(F)cc1. The van der Waals surface area contributed by atoms with Crippen LogP contribution in [0.25, 0.3) is 5.76 Å². The van der Waals surface area contributed by atoms with E-state index in [1.54, 1.807) is 30.3 Å². The first-order chi connectivity index (χ1) is 14.9. The highest BCUT2D eigenvalue weighted by Gasteiger charge is 2.45. The Morgan fingerprint density at radius 1 is 1.16 bits per heavy atom. The van der Waals surface area contributed by atoms with Crippen molar-refractivity contribution in [3.05, 3.63) is 70.5 Å². The molecule has 1 fully saturated rings. The summed E-state index contributed by atoms with van der Waals surface area (Å²) in [7, 11) is 0. The molecule has 2 atom stereocenters. The number of fused-ring (bicyclic) bond motifs is 1. The van der Waals surface area contributed by atoms with Crippen LogP contribution in [0.15, 0.2) is 48.0 Å². The summed E-state index contributed by atoms with van der Waals surface area (Å²) in [4.78, 5) is 27.4. The number of aliphatic hydroxyl groups is 1. The average molecular weight is 423 g/mol. The molecule has 31 heavy (non-hydrogen) atoms. The maximum atomic E-state index is 13.5. The first kappa shape index (κ1) is 21.1. The lowest BCUT2D eigenvalue weighted by Crippen LogP contribution is -2.30. The predicted molar refractivity (Wildman–Crippen MR) is 115 cm³/mol. The van der Waals surface area contributed by atoms with Crippen molar-refractivity contribution in [2.24, 2.45) is 0 Å². The van der Waals surface area contributed by atoms with Crippen LogP contribution in [-0.2, 0) is 16.0 Å². The lowest BCUT2D eigenvalue weighted by atomic mass is 9.94. The molecule has 1 amide bonds. The molecule has 0 aromatic heterocycles. The maximum absolute atomic E-state index is 13.5. The zero-order chi connectivity index (χ0) is 22.1. The highest BCUT2D eigenvalue weighted by atomic mass is 19.1. The quantitative estimate of drug-likeness (QED) is 0.315. The number of unbranched alkanes of at least 4 members (excludes halogenated alkanes) is 2. The van der Waals surface area contributed by atoms with Crippen LogP contribution in [0, 0.1) is 5.82 Å². The van der Waals surface area contributed by atoms with Gasteiger partial charge in [0.25, 0.3) is 11.7 Å². The number of hydrogen-bond acceptors (Lipinski definition) is 4. The van der Waals surface area contributed by atoms with Crippen molar-refractivity contribution < 1.29 is 23.8 Å². The van der Waals surface area contributed by atoms with Gasteiger partial charge in [0, 0.05) is 18.5 Å². The average Bonchev–Trinajstić information content (AvgIpc) is 3.25. The normalized spacial score (nSPS) is 22.0. The summed E-state index contributed by atoms with van der Waals surface area (Å²) < 4.78 is 19.2. The Labute approximate surface area is 181 Å². The van der Waals surface area contributed by atoms with Crippen LogP contribution in [-0.4, -0.2) is 34.3 Å². The molecule has 2 aliphatic rings. The minimum Gasteiger partial charge on any atom is -0.507 e. The minimum absolute atomic E-state index is 0.0417. The number of Topliss-reactive ketones (excluding diaryl/α,β-unsaturated/α-hetero) is 1. The van der Waals surface area contributed by atoms with Crippen molar-refractivity contribution in [2.75, 3.05) is 6.54 Å². The van der Waals surface area contributed by atoms with Gasteiger partial charge in [-0.1, -0.05) is 31.9 Å². The number of benzene rings is 2. The van der Waals surface area contributed by atoms with Crippen LogP contribution in [0.5, 0.6) is 5.75 Å². The monoisotopic (exact) mass is 423 g/mol. The number of likely N-dealkylation sites (tertiary alicyclic amines) is 1. The third-order valence-corrected chi connectivity index (χ3v) is 5.90. The molecule has 0 aliphatic carbocycles. The Morgan fingerprint density at radius 3 is 2.61 bits per heavy atom. The Kier molecular flexibility index (Phi) is 5.81. The van der Waals surface area contributed by atoms with Crippen LogP contribution in [0.3, 0.4) is 0 Å². The van der Waals surface area contributed by atoms with Crippen molar-refractivity contribution in [3.63, 3.8) is 0 Å². The second-order valence-corrected chi connectivity index (χ2v) is 8.21. The fraction of sp³-hybridized carbons (Fsp3) is 0.360. The number of amides is 1. The molecular weight excluding hydrogens is 397 g/mol. The van der Waals surface area contributed by atoms with E-state index in [0.717, 1.165) is 30.6 Å².